The Labute approximate surface area is 97.6 Å². The first-order valence-electron chi connectivity index (χ1n) is 5.54. The number of carbonyl (C=O) groups excluding carboxylic acids is 2. The van der Waals surface area contributed by atoms with Crippen molar-refractivity contribution in [2.75, 3.05) is 13.2 Å². The van der Waals surface area contributed by atoms with Gasteiger partial charge in [-0.3, -0.25) is 9.59 Å². The van der Waals surface area contributed by atoms with Gasteiger partial charge in [-0.2, -0.15) is 0 Å². The predicted octanol–water partition coefficient (Wildman–Crippen LogP) is 2.48. The Hall–Kier alpha value is -1.32. The highest BCUT2D eigenvalue weighted by atomic mass is 16.5. The molecule has 0 radical (unpaired) electrons. The summed E-state index contributed by atoms with van der Waals surface area (Å²) in [5.41, 5.74) is 0. The highest BCUT2D eigenvalue weighted by Gasteiger charge is 2.09. The summed E-state index contributed by atoms with van der Waals surface area (Å²) in [4.78, 5) is 21.2. The van der Waals surface area contributed by atoms with Crippen molar-refractivity contribution in [1.29, 1.82) is 0 Å². The Balaban J connectivity index is 0. The zero-order valence-corrected chi connectivity index (χ0v) is 10.6. The second-order valence-corrected chi connectivity index (χ2v) is 2.76. The molecule has 0 aromatic rings. The zero-order valence-electron chi connectivity index (χ0n) is 10.6. The first-order valence-corrected chi connectivity index (χ1v) is 5.54. The van der Waals surface area contributed by atoms with Gasteiger partial charge in [-0.25, -0.2) is 0 Å². The molecule has 0 aromatic heterocycles. The number of carbonyl (C=O) groups is 2. The molecule has 0 aliphatic rings. The second kappa shape index (κ2) is 13.7. The van der Waals surface area contributed by atoms with Gasteiger partial charge in [-0.15, -0.1) is 0 Å². The molecule has 0 saturated carbocycles. The summed E-state index contributed by atoms with van der Waals surface area (Å²) in [5, 5.41) is 0. The van der Waals surface area contributed by atoms with Crippen LogP contribution in [0, 0.1) is 0 Å². The lowest BCUT2D eigenvalue weighted by Crippen LogP contribution is -2.13. The van der Waals surface area contributed by atoms with E-state index in [0.717, 1.165) is 6.42 Å². The molecule has 0 spiro atoms. The molecule has 0 fully saturated rings. The fourth-order valence-electron chi connectivity index (χ4n) is 0.778. The molecule has 0 aliphatic carbocycles. The lowest BCUT2D eigenvalue weighted by atomic mass is 10.4. The third-order valence-corrected chi connectivity index (χ3v) is 1.37. The number of esters is 2. The molecular formula is C12H22O4. The molecule has 0 aromatic carbocycles. The fourth-order valence-corrected chi connectivity index (χ4v) is 0.778. The van der Waals surface area contributed by atoms with Gasteiger partial charge in [0.15, 0.2) is 0 Å². The van der Waals surface area contributed by atoms with Crippen LogP contribution in [-0.2, 0) is 19.1 Å². The molecule has 4 nitrogen and oxygen atoms in total. The molecule has 0 saturated heterocycles. The molecule has 0 aliphatic heterocycles. The molecule has 0 rings (SSSR count). The van der Waals surface area contributed by atoms with Crippen LogP contribution in [0.1, 0.15) is 40.5 Å². The Morgan fingerprint density at radius 2 is 1.44 bits per heavy atom. The van der Waals surface area contributed by atoms with Crippen LogP contribution >= 0.6 is 0 Å². The third-order valence-electron chi connectivity index (χ3n) is 1.37. The van der Waals surface area contributed by atoms with Crippen LogP contribution in [0.25, 0.3) is 0 Å². The predicted molar refractivity (Wildman–Crippen MR) is 63.0 cm³/mol. The van der Waals surface area contributed by atoms with Crippen LogP contribution in [-0.4, -0.2) is 25.2 Å². The topological polar surface area (TPSA) is 52.6 Å². The summed E-state index contributed by atoms with van der Waals surface area (Å²) < 4.78 is 9.04. The third kappa shape index (κ3) is 15.2. The molecule has 16 heavy (non-hydrogen) atoms. The number of allylic oxidation sites excluding steroid dienone is 2. The lowest BCUT2D eigenvalue weighted by molar-refractivity contribution is -0.153. The Kier molecular flexibility index (Phi) is 14.6. The summed E-state index contributed by atoms with van der Waals surface area (Å²) in [6.07, 6.45) is 5.05. The molecular weight excluding hydrogens is 208 g/mol. The second-order valence-electron chi connectivity index (χ2n) is 2.76. The molecule has 0 N–H and O–H groups in total. The summed E-state index contributed by atoms with van der Waals surface area (Å²) in [6.45, 7) is 8.10. The molecule has 0 bridgehead atoms. The summed E-state index contributed by atoms with van der Waals surface area (Å²) in [7, 11) is 0. The van der Waals surface area contributed by atoms with Gasteiger partial charge >= 0.3 is 11.9 Å². The van der Waals surface area contributed by atoms with E-state index in [1.165, 1.54) is 0 Å². The summed E-state index contributed by atoms with van der Waals surface area (Å²) in [6, 6.07) is 0. The Morgan fingerprint density at radius 3 is 1.62 bits per heavy atom. The molecule has 0 atom stereocenters. The van der Waals surface area contributed by atoms with E-state index in [9.17, 15) is 9.59 Å². The maximum Gasteiger partial charge on any atom is 0.317 e. The minimum atomic E-state index is -0.536. The minimum absolute atomic E-state index is 0.290. The molecule has 0 heterocycles. The first kappa shape index (κ1) is 17.1. The van der Waals surface area contributed by atoms with E-state index >= 15 is 0 Å². The van der Waals surface area contributed by atoms with E-state index in [1.54, 1.807) is 13.8 Å². The average molecular weight is 230 g/mol. The zero-order chi connectivity index (χ0) is 12.8. The van der Waals surface area contributed by atoms with Crippen LogP contribution in [0.3, 0.4) is 0 Å². The SMILES string of the molecule is CC=CCC.CCOC(=O)CC(=O)OCC. The summed E-state index contributed by atoms with van der Waals surface area (Å²) in [5.74, 6) is -1.07. The van der Waals surface area contributed by atoms with Gasteiger partial charge in [0.2, 0.25) is 0 Å². The van der Waals surface area contributed by atoms with Gasteiger partial charge in [0.25, 0.3) is 0 Å². The maximum absolute atomic E-state index is 10.6. The van der Waals surface area contributed by atoms with E-state index < -0.39 is 11.9 Å². The van der Waals surface area contributed by atoms with Crippen LogP contribution < -0.4 is 0 Å². The lowest BCUT2D eigenvalue weighted by Gasteiger charge is -2.00. The van der Waals surface area contributed by atoms with Gasteiger partial charge in [0, 0.05) is 0 Å². The number of hydrogen-bond donors (Lipinski definition) is 0. The van der Waals surface area contributed by atoms with Crippen molar-refractivity contribution in [3.05, 3.63) is 12.2 Å². The van der Waals surface area contributed by atoms with Gasteiger partial charge in [-0.05, 0) is 27.2 Å². The molecule has 0 amide bonds. The van der Waals surface area contributed by atoms with E-state index in [4.69, 9.17) is 0 Å². The van der Waals surface area contributed by atoms with Crippen molar-refractivity contribution in [3.8, 4) is 0 Å². The van der Waals surface area contributed by atoms with Crippen LogP contribution in [0.15, 0.2) is 12.2 Å². The van der Waals surface area contributed by atoms with Crippen molar-refractivity contribution in [3.63, 3.8) is 0 Å². The van der Waals surface area contributed by atoms with Gasteiger partial charge in [0.1, 0.15) is 6.42 Å². The fraction of sp³-hybridized carbons (Fsp3) is 0.667. The van der Waals surface area contributed by atoms with Crippen LogP contribution in [0.2, 0.25) is 0 Å². The van der Waals surface area contributed by atoms with Gasteiger partial charge in [0.05, 0.1) is 13.2 Å². The van der Waals surface area contributed by atoms with Crippen LogP contribution in [0.4, 0.5) is 0 Å². The number of hydrogen-bond acceptors (Lipinski definition) is 4. The molecule has 94 valence electrons. The number of rotatable bonds is 5. The van der Waals surface area contributed by atoms with Crippen molar-refractivity contribution in [2.45, 2.75) is 40.5 Å². The molecule has 0 unspecified atom stereocenters. The van der Waals surface area contributed by atoms with Gasteiger partial charge < -0.3 is 9.47 Å². The standard InChI is InChI=1S/C7H12O4.C5H10/c1-3-10-6(8)5-7(9)11-4-2;1-3-5-4-2/h3-5H2,1-2H3;3,5H,4H2,1-2H3. The largest absolute Gasteiger partial charge is 0.466 e. The smallest absolute Gasteiger partial charge is 0.317 e. The minimum Gasteiger partial charge on any atom is -0.466 e. The van der Waals surface area contributed by atoms with Crippen LogP contribution in [0.5, 0.6) is 0 Å². The first-order chi connectivity index (χ1) is 7.62. The Bertz CT molecular complexity index is 193. The van der Waals surface area contributed by atoms with Crippen molar-refractivity contribution in [2.24, 2.45) is 0 Å². The normalized spacial score (nSPS) is 9.25. The van der Waals surface area contributed by atoms with Crippen molar-refractivity contribution >= 4 is 11.9 Å². The van der Waals surface area contributed by atoms with Crippen molar-refractivity contribution in [1.82, 2.24) is 0 Å². The summed E-state index contributed by atoms with van der Waals surface area (Å²) >= 11 is 0. The van der Waals surface area contributed by atoms with E-state index in [2.05, 4.69) is 28.5 Å². The number of ether oxygens (including phenoxy) is 2. The van der Waals surface area contributed by atoms with E-state index in [0.29, 0.717) is 0 Å². The van der Waals surface area contributed by atoms with Crippen molar-refractivity contribution < 1.29 is 19.1 Å². The quantitative estimate of drug-likeness (QED) is 0.413. The Morgan fingerprint density at radius 1 is 1.00 bits per heavy atom. The highest BCUT2D eigenvalue weighted by Crippen LogP contribution is 1.89. The highest BCUT2D eigenvalue weighted by molar-refractivity contribution is 5.91. The average Bonchev–Trinajstić information content (AvgIpc) is 2.20. The van der Waals surface area contributed by atoms with Gasteiger partial charge in [-0.1, -0.05) is 19.1 Å². The monoisotopic (exact) mass is 230 g/mol. The molecule has 4 heteroatoms. The maximum atomic E-state index is 10.6. The van der Waals surface area contributed by atoms with E-state index in [-0.39, 0.29) is 19.6 Å². The van der Waals surface area contributed by atoms with E-state index in [1.807, 2.05) is 6.92 Å².